The Labute approximate surface area is 92.8 Å². The van der Waals surface area contributed by atoms with Gasteiger partial charge in [-0.05, 0) is 6.92 Å². The van der Waals surface area contributed by atoms with Crippen molar-refractivity contribution in [2.75, 3.05) is 6.54 Å². The lowest BCUT2D eigenvalue weighted by Crippen LogP contribution is -2.40. The summed E-state index contributed by atoms with van der Waals surface area (Å²) >= 11 is 0. The highest BCUT2D eigenvalue weighted by Gasteiger charge is 1.98. The fraction of sp³-hybridized carbons (Fsp3) is 0.222. The summed E-state index contributed by atoms with van der Waals surface area (Å²) in [4.78, 5) is 19.5. The minimum atomic E-state index is -0.595. The zero-order valence-electron chi connectivity index (χ0n) is 8.87. The molecule has 7 nitrogen and oxygen atoms in total. The van der Waals surface area contributed by atoms with E-state index in [1.54, 1.807) is 25.1 Å². The van der Waals surface area contributed by atoms with Gasteiger partial charge < -0.3 is 5.73 Å². The Morgan fingerprint density at radius 1 is 1.44 bits per heavy atom. The molecule has 0 saturated carbocycles. The van der Waals surface area contributed by atoms with Crippen molar-refractivity contribution in [1.29, 1.82) is 0 Å². The van der Waals surface area contributed by atoms with E-state index >= 15 is 0 Å². The quantitative estimate of drug-likeness (QED) is 0.336. The number of carbonyl (C=O) groups is 1. The van der Waals surface area contributed by atoms with Gasteiger partial charge in [-0.25, -0.2) is 10.6 Å². The molecule has 1 aromatic rings. The molecule has 2 amide bonds. The van der Waals surface area contributed by atoms with E-state index in [9.17, 15) is 14.9 Å². The van der Waals surface area contributed by atoms with Crippen molar-refractivity contribution in [1.82, 2.24) is 5.01 Å². The van der Waals surface area contributed by atoms with Crippen molar-refractivity contribution < 1.29 is 9.72 Å². The number of hydrogen-bond donors (Lipinski definition) is 2. The number of urea groups is 1. The Balaban J connectivity index is 0.000000293. The lowest BCUT2D eigenvalue weighted by Gasteiger charge is -2.07. The number of nitro benzene ring substituents is 1. The molecule has 1 aromatic carbocycles. The van der Waals surface area contributed by atoms with E-state index in [-0.39, 0.29) is 5.69 Å². The minimum absolute atomic E-state index is 0.137. The predicted octanol–water partition coefficient (Wildman–Crippen LogP) is 0.855. The van der Waals surface area contributed by atoms with Gasteiger partial charge in [0.25, 0.3) is 5.69 Å². The monoisotopic (exact) mass is 226 g/mol. The van der Waals surface area contributed by atoms with Gasteiger partial charge in [-0.15, -0.1) is 0 Å². The molecule has 0 unspecified atom stereocenters. The maximum absolute atomic E-state index is 10.0. The van der Waals surface area contributed by atoms with Crippen LogP contribution in [-0.4, -0.2) is 22.5 Å². The highest BCUT2D eigenvalue weighted by atomic mass is 16.6. The van der Waals surface area contributed by atoms with Crippen LogP contribution in [0.2, 0.25) is 0 Å². The number of nitro groups is 1. The fourth-order valence-corrected chi connectivity index (χ4v) is 0.706. The van der Waals surface area contributed by atoms with Crippen molar-refractivity contribution in [3.63, 3.8) is 0 Å². The molecule has 0 bridgehead atoms. The Kier molecular flexibility index (Phi) is 6.22. The van der Waals surface area contributed by atoms with Crippen LogP contribution < -0.4 is 11.6 Å². The summed E-state index contributed by atoms with van der Waals surface area (Å²) in [6.07, 6.45) is 0. The summed E-state index contributed by atoms with van der Waals surface area (Å²) in [5.74, 6) is 4.97. The van der Waals surface area contributed by atoms with Crippen LogP contribution in [0.15, 0.2) is 30.3 Å². The number of hydrazine groups is 1. The van der Waals surface area contributed by atoms with Crippen molar-refractivity contribution in [2.45, 2.75) is 6.92 Å². The molecule has 0 aromatic heterocycles. The molecule has 88 valence electrons. The zero-order valence-corrected chi connectivity index (χ0v) is 8.87. The van der Waals surface area contributed by atoms with Gasteiger partial charge in [0.05, 0.1) is 4.92 Å². The van der Waals surface area contributed by atoms with Crippen LogP contribution in [0.4, 0.5) is 10.5 Å². The van der Waals surface area contributed by atoms with Crippen LogP contribution in [0, 0.1) is 10.1 Å². The first-order valence-electron chi connectivity index (χ1n) is 4.50. The van der Waals surface area contributed by atoms with Gasteiger partial charge in [0.1, 0.15) is 0 Å². The highest BCUT2D eigenvalue weighted by molar-refractivity contribution is 5.71. The van der Waals surface area contributed by atoms with Gasteiger partial charge >= 0.3 is 6.03 Å². The second-order valence-electron chi connectivity index (χ2n) is 2.72. The lowest BCUT2D eigenvalue weighted by molar-refractivity contribution is -0.384. The van der Waals surface area contributed by atoms with Crippen LogP contribution in [-0.2, 0) is 0 Å². The van der Waals surface area contributed by atoms with Gasteiger partial charge in [-0.1, -0.05) is 18.2 Å². The van der Waals surface area contributed by atoms with E-state index in [0.29, 0.717) is 6.54 Å². The number of primary amides is 1. The number of hydrogen-bond acceptors (Lipinski definition) is 4. The second-order valence-corrected chi connectivity index (χ2v) is 2.72. The van der Waals surface area contributed by atoms with Crippen LogP contribution in [0.25, 0.3) is 0 Å². The summed E-state index contributed by atoms with van der Waals surface area (Å²) in [6, 6.07) is 7.34. The number of nitrogens with zero attached hydrogens (tertiary/aromatic N) is 2. The first-order valence-corrected chi connectivity index (χ1v) is 4.50. The average molecular weight is 226 g/mol. The number of carbonyl (C=O) groups excluding carboxylic acids is 1. The largest absolute Gasteiger partial charge is 0.350 e. The SMILES string of the molecule is CCN(N)C(N)=O.O=[N+]([O-])c1ccccc1. The number of para-hydroxylation sites is 1. The topological polar surface area (TPSA) is 115 Å². The number of benzene rings is 1. The molecule has 16 heavy (non-hydrogen) atoms. The van der Waals surface area contributed by atoms with Gasteiger partial charge in [-0.3, -0.25) is 15.1 Å². The predicted molar refractivity (Wildman–Crippen MR) is 59.2 cm³/mol. The first-order chi connectivity index (χ1) is 7.49. The normalized spacial score (nSPS) is 8.62. The first kappa shape index (κ1) is 13.8. The van der Waals surface area contributed by atoms with Gasteiger partial charge in [0, 0.05) is 18.7 Å². The summed E-state index contributed by atoms with van der Waals surface area (Å²) in [5.41, 5.74) is 4.85. The summed E-state index contributed by atoms with van der Waals surface area (Å²) < 4.78 is 0. The molecule has 0 fully saturated rings. The molecule has 0 heterocycles. The molecule has 0 saturated heterocycles. The molecule has 4 N–H and O–H groups in total. The van der Waals surface area contributed by atoms with E-state index in [2.05, 4.69) is 0 Å². The molecule has 0 aliphatic carbocycles. The van der Waals surface area contributed by atoms with Crippen LogP contribution in [0.5, 0.6) is 0 Å². The summed E-state index contributed by atoms with van der Waals surface area (Å²) in [7, 11) is 0. The average Bonchev–Trinajstić information content (AvgIpc) is 2.29. The smallest absolute Gasteiger partial charge is 0.328 e. The van der Waals surface area contributed by atoms with Crippen LogP contribution in [0.3, 0.4) is 0 Å². The molecular weight excluding hydrogens is 212 g/mol. The standard InChI is InChI=1S/C6H5NO2.C3H9N3O/c8-7(9)6-4-2-1-3-5-6;1-2-6(5)3(4)7/h1-5H;2,5H2,1H3,(H2,4,7). The second kappa shape index (κ2) is 7.18. The van der Waals surface area contributed by atoms with E-state index in [1.165, 1.54) is 12.1 Å². The van der Waals surface area contributed by atoms with Gasteiger partial charge in [-0.2, -0.15) is 0 Å². The Morgan fingerprint density at radius 3 is 2.12 bits per heavy atom. The summed E-state index contributed by atoms with van der Waals surface area (Å²) in [6.45, 7) is 2.19. The molecule has 1 rings (SSSR count). The highest BCUT2D eigenvalue weighted by Crippen LogP contribution is 2.06. The molecule has 0 aliphatic rings. The molecule has 0 radical (unpaired) electrons. The molecule has 0 aliphatic heterocycles. The minimum Gasteiger partial charge on any atom is -0.350 e. The van der Waals surface area contributed by atoms with Gasteiger partial charge in [0.15, 0.2) is 0 Å². The number of nitrogens with two attached hydrogens (primary N) is 2. The third kappa shape index (κ3) is 5.55. The number of amides is 2. The van der Waals surface area contributed by atoms with E-state index in [1.807, 2.05) is 0 Å². The third-order valence-electron chi connectivity index (χ3n) is 1.59. The Hall–Kier alpha value is -2.15. The fourth-order valence-electron chi connectivity index (χ4n) is 0.706. The van der Waals surface area contributed by atoms with Gasteiger partial charge in [0.2, 0.25) is 0 Å². The van der Waals surface area contributed by atoms with Crippen molar-refractivity contribution in [3.8, 4) is 0 Å². The molecular formula is C9H14N4O3. The Bertz CT molecular complexity index is 342. The third-order valence-corrected chi connectivity index (χ3v) is 1.59. The maximum atomic E-state index is 10.0. The summed E-state index contributed by atoms with van der Waals surface area (Å²) in [5, 5.41) is 10.9. The lowest BCUT2D eigenvalue weighted by atomic mass is 10.3. The van der Waals surface area contributed by atoms with E-state index in [0.717, 1.165) is 5.01 Å². The van der Waals surface area contributed by atoms with Crippen molar-refractivity contribution in [2.24, 2.45) is 11.6 Å². The van der Waals surface area contributed by atoms with Crippen LogP contribution in [0.1, 0.15) is 6.92 Å². The van der Waals surface area contributed by atoms with Crippen molar-refractivity contribution in [3.05, 3.63) is 40.4 Å². The maximum Gasteiger partial charge on any atom is 0.328 e. The number of non-ortho nitro benzene ring substituents is 1. The van der Waals surface area contributed by atoms with Crippen molar-refractivity contribution >= 4 is 11.7 Å². The zero-order chi connectivity index (χ0) is 12.6. The van der Waals surface area contributed by atoms with Crippen LogP contribution >= 0.6 is 0 Å². The molecule has 0 spiro atoms. The van der Waals surface area contributed by atoms with E-state index in [4.69, 9.17) is 11.6 Å². The Morgan fingerprint density at radius 2 is 1.94 bits per heavy atom. The number of rotatable bonds is 2. The molecule has 7 heteroatoms. The molecule has 0 atom stereocenters. The van der Waals surface area contributed by atoms with E-state index < -0.39 is 11.0 Å².